The first-order chi connectivity index (χ1) is 10.3. The molecule has 0 spiro atoms. The first-order valence-corrected chi connectivity index (χ1v) is 8.02. The van der Waals surface area contributed by atoms with Crippen molar-refractivity contribution in [2.75, 3.05) is 0 Å². The van der Waals surface area contributed by atoms with Crippen LogP contribution in [0, 0.1) is 0 Å². The van der Waals surface area contributed by atoms with Crippen molar-refractivity contribution < 1.29 is 14.6 Å². The van der Waals surface area contributed by atoms with E-state index in [0.717, 1.165) is 31.2 Å². The molecule has 3 nitrogen and oxygen atoms in total. The van der Waals surface area contributed by atoms with Crippen LogP contribution in [0.1, 0.15) is 63.5 Å². The van der Waals surface area contributed by atoms with Gasteiger partial charge in [-0.1, -0.05) is 24.3 Å². The summed E-state index contributed by atoms with van der Waals surface area (Å²) in [6, 6.07) is 8.30. The summed E-state index contributed by atoms with van der Waals surface area (Å²) in [6.07, 6.45) is 7.02. The zero-order valence-electron chi connectivity index (χ0n) is 13.7. The lowest BCUT2D eigenvalue weighted by molar-refractivity contribution is -0.148. The number of rotatable bonds is 3. The number of aliphatic hydroxyl groups is 1. The van der Waals surface area contributed by atoms with Crippen molar-refractivity contribution in [2.45, 2.75) is 64.1 Å². The maximum Gasteiger partial charge on any atom is 0.331 e. The lowest BCUT2D eigenvalue weighted by atomic mass is 9.82. The molecule has 1 aliphatic rings. The molecule has 0 bridgehead atoms. The predicted molar refractivity (Wildman–Crippen MR) is 88.5 cm³/mol. The molecule has 2 rings (SSSR count). The van der Waals surface area contributed by atoms with Crippen LogP contribution in [0.4, 0.5) is 0 Å². The Morgan fingerprint density at radius 1 is 1.14 bits per heavy atom. The molecule has 1 saturated carbocycles. The van der Waals surface area contributed by atoms with Gasteiger partial charge < -0.3 is 9.84 Å². The molecule has 0 atom stereocenters. The molecule has 0 saturated heterocycles. The van der Waals surface area contributed by atoms with Gasteiger partial charge in [-0.15, -0.1) is 0 Å². The number of hydrogen-bond donors (Lipinski definition) is 1. The van der Waals surface area contributed by atoms with E-state index in [1.807, 2.05) is 32.9 Å². The Hall–Kier alpha value is -1.61. The van der Waals surface area contributed by atoms with Crippen LogP contribution in [-0.2, 0) is 9.53 Å². The van der Waals surface area contributed by atoms with Crippen LogP contribution in [0.3, 0.4) is 0 Å². The van der Waals surface area contributed by atoms with Crippen molar-refractivity contribution >= 4 is 12.0 Å². The molecule has 1 aromatic carbocycles. The molecular formula is C19H26O3. The molecule has 1 aromatic rings. The van der Waals surface area contributed by atoms with Gasteiger partial charge in [0.25, 0.3) is 0 Å². The Bertz CT molecular complexity index is 515. The zero-order chi connectivity index (χ0) is 16.2. The van der Waals surface area contributed by atoms with Gasteiger partial charge in [-0.25, -0.2) is 4.79 Å². The largest absolute Gasteiger partial charge is 0.457 e. The summed E-state index contributed by atoms with van der Waals surface area (Å²) in [5.41, 5.74) is 1.85. The molecule has 0 amide bonds. The number of esters is 1. The third-order valence-corrected chi connectivity index (χ3v) is 3.92. The lowest BCUT2D eigenvalue weighted by Crippen LogP contribution is -2.22. The second-order valence-corrected chi connectivity index (χ2v) is 7.04. The Kier molecular flexibility index (Phi) is 5.41. The second kappa shape index (κ2) is 7.10. The van der Waals surface area contributed by atoms with E-state index in [4.69, 9.17) is 4.74 Å². The summed E-state index contributed by atoms with van der Waals surface area (Å²) in [7, 11) is 0. The van der Waals surface area contributed by atoms with Crippen LogP contribution in [0.5, 0.6) is 0 Å². The van der Waals surface area contributed by atoms with E-state index in [1.54, 1.807) is 6.08 Å². The van der Waals surface area contributed by atoms with Gasteiger partial charge in [0.1, 0.15) is 5.60 Å². The number of carbonyl (C=O) groups excluding carboxylic acids is 1. The van der Waals surface area contributed by atoms with Crippen molar-refractivity contribution in [3.63, 3.8) is 0 Å². The van der Waals surface area contributed by atoms with Crippen molar-refractivity contribution in [3.8, 4) is 0 Å². The molecule has 120 valence electrons. The average molecular weight is 302 g/mol. The van der Waals surface area contributed by atoms with E-state index in [2.05, 4.69) is 12.1 Å². The first kappa shape index (κ1) is 16.8. The highest BCUT2D eigenvalue weighted by Gasteiger charge is 2.20. The second-order valence-electron chi connectivity index (χ2n) is 7.04. The third-order valence-electron chi connectivity index (χ3n) is 3.92. The lowest BCUT2D eigenvalue weighted by Gasteiger charge is -2.25. The minimum absolute atomic E-state index is 0.118. The molecule has 1 N–H and O–H groups in total. The van der Waals surface area contributed by atoms with E-state index in [1.165, 1.54) is 11.6 Å². The highest BCUT2D eigenvalue weighted by Crippen LogP contribution is 2.32. The standard InChI is InChI=1S/C19H26O3/c1-19(2,3)22-18(21)13-6-14-4-7-15(8-5-14)16-9-11-17(20)12-10-16/h4-8,13,16-17,20H,9-12H2,1-3H3/b13-6+. The molecule has 0 aromatic heterocycles. The number of carbonyl (C=O) groups is 1. The van der Waals surface area contributed by atoms with E-state index in [0.29, 0.717) is 5.92 Å². The fourth-order valence-electron chi connectivity index (χ4n) is 2.79. The Morgan fingerprint density at radius 2 is 1.73 bits per heavy atom. The maximum atomic E-state index is 11.6. The molecule has 3 heteroatoms. The molecule has 1 fully saturated rings. The summed E-state index contributed by atoms with van der Waals surface area (Å²) in [5, 5.41) is 9.57. The van der Waals surface area contributed by atoms with Crippen molar-refractivity contribution in [3.05, 3.63) is 41.5 Å². The quantitative estimate of drug-likeness (QED) is 0.676. The minimum atomic E-state index is -0.461. The van der Waals surface area contributed by atoms with E-state index >= 15 is 0 Å². The highest BCUT2D eigenvalue weighted by atomic mass is 16.6. The average Bonchev–Trinajstić information content (AvgIpc) is 2.45. The van der Waals surface area contributed by atoms with Gasteiger partial charge in [0.15, 0.2) is 0 Å². The fraction of sp³-hybridized carbons (Fsp3) is 0.526. The van der Waals surface area contributed by atoms with Crippen molar-refractivity contribution in [1.29, 1.82) is 0 Å². The number of ether oxygens (including phenoxy) is 1. The SMILES string of the molecule is CC(C)(C)OC(=O)/C=C/c1ccc(C2CCC(O)CC2)cc1. The van der Waals surface area contributed by atoms with Crippen molar-refractivity contribution in [2.24, 2.45) is 0 Å². The zero-order valence-corrected chi connectivity index (χ0v) is 13.7. The summed E-state index contributed by atoms with van der Waals surface area (Å²) in [4.78, 5) is 11.6. The molecule has 22 heavy (non-hydrogen) atoms. The molecule has 0 heterocycles. The summed E-state index contributed by atoms with van der Waals surface area (Å²) in [6.45, 7) is 5.57. The van der Waals surface area contributed by atoms with Crippen molar-refractivity contribution in [1.82, 2.24) is 0 Å². The normalized spacial score (nSPS) is 22.7. The van der Waals surface area contributed by atoms with Gasteiger partial charge in [0.05, 0.1) is 6.10 Å². The van der Waals surface area contributed by atoms with Crippen LogP contribution in [0.25, 0.3) is 6.08 Å². The summed E-state index contributed by atoms with van der Waals surface area (Å²) >= 11 is 0. The molecule has 1 aliphatic carbocycles. The van der Waals surface area contributed by atoms with Gasteiger partial charge >= 0.3 is 5.97 Å². The maximum absolute atomic E-state index is 11.6. The summed E-state index contributed by atoms with van der Waals surface area (Å²) in [5.74, 6) is 0.227. The Labute approximate surface area is 133 Å². The van der Waals surface area contributed by atoms with Gasteiger partial charge in [0.2, 0.25) is 0 Å². The first-order valence-electron chi connectivity index (χ1n) is 8.02. The summed E-state index contributed by atoms with van der Waals surface area (Å²) < 4.78 is 5.24. The van der Waals surface area contributed by atoms with Gasteiger partial charge in [0, 0.05) is 6.08 Å². The van der Waals surface area contributed by atoms with Crippen LogP contribution in [0.2, 0.25) is 0 Å². The fourth-order valence-corrected chi connectivity index (χ4v) is 2.79. The number of aliphatic hydroxyl groups excluding tert-OH is 1. The molecular weight excluding hydrogens is 276 g/mol. The monoisotopic (exact) mass is 302 g/mol. The van der Waals surface area contributed by atoms with Crippen LogP contribution < -0.4 is 0 Å². The van der Waals surface area contributed by atoms with E-state index < -0.39 is 5.60 Å². The molecule has 0 radical (unpaired) electrons. The molecule has 0 aliphatic heterocycles. The Balaban J connectivity index is 1.93. The van der Waals surface area contributed by atoms with E-state index in [-0.39, 0.29) is 12.1 Å². The highest BCUT2D eigenvalue weighted by molar-refractivity contribution is 5.87. The van der Waals surface area contributed by atoms with Crippen LogP contribution in [-0.4, -0.2) is 22.8 Å². The Morgan fingerprint density at radius 3 is 2.27 bits per heavy atom. The smallest absolute Gasteiger partial charge is 0.331 e. The van der Waals surface area contributed by atoms with Gasteiger partial charge in [-0.05, 0) is 69.6 Å². The van der Waals surface area contributed by atoms with Crippen LogP contribution >= 0.6 is 0 Å². The van der Waals surface area contributed by atoms with Gasteiger partial charge in [-0.3, -0.25) is 0 Å². The topological polar surface area (TPSA) is 46.5 Å². The molecule has 0 unspecified atom stereocenters. The minimum Gasteiger partial charge on any atom is -0.457 e. The third kappa shape index (κ3) is 5.30. The van der Waals surface area contributed by atoms with E-state index in [9.17, 15) is 9.90 Å². The number of hydrogen-bond acceptors (Lipinski definition) is 3. The number of benzene rings is 1. The van der Waals surface area contributed by atoms with Crippen LogP contribution in [0.15, 0.2) is 30.3 Å². The van der Waals surface area contributed by atoms with Gasteiger partial charge in [-0.2, -0.15) is 0 Å². The predicted octanol–water partition coefficient (Wildman–Crippen LogP) is 4.06.